The molecule has 96 valence electrons. The van der Waals surface area contributed by atoms with E-state index in [1.54, 1.807) is 0 Å². The summed E-state index contributed by atoms with van der Waals surface area (Å²) in [5, 5.41) is 0. The Kier molecular flexibility index (Phi) is 2.97. The zero-order chi connectivity index (χ0) is 12.9. The van der Waals surface area contributed by atoms with Crippen molar-refractivity contribution in [3.05, 3.63) is 28.7 Å². The highest BCUT2D eigenvalue weighted by molar-refractivity contribution is 9.10. The molecule has 3 rings (SSSR count). The Hall–Kier alpha value is -0.490. The summed E-state index contributed by atoms with van der Waals surface area (Å²) in [6, 6.07) is 8.05. The Morgan fingerprint density at radius 2 is 2.06 bits per heavy atom. The van der Waals surface area contributed by atoms with Crippen LogP contribution in [-0.2, 0) is 9.47 Å². The second-order valence-corrected chi connectivity index (χ2v) is 6.27. The molecule has 0 aliphatic carbocycles. The van der Waals surface area contributed by atoms with Crippen LogP contribution in [0.3, 0.4) is 0 Å². The average Bonchev–Trinajstić information content (AvgIpc) is 2.74. The van der Waals surface area contributed by atoms with Crippen molar-refractivity contribution in [3.8, 4) is 0 Å². The third-order valence-electron chi connectivity index (χ3n) is 3.20. The third kappa shape index (κ3) is 1.99. The largest absolute Gasteiger partial charge is 0.342 e. The van der Waals surface area contributed by atoms with E-state index < -0.39 is 5.79 Å². The summed E-state index contributed by atoms with van der Waals surface area (Å²) in [5.41, 5.74) is 1.07. The lowest BCUT2D eigenvalue weighted by Crippen LogP contribution is -2.33. The monoisotopic (exact) mass is 327 g/mol. The van der Waals surface area contributed by atoms with Crippen molar-refractivity contribution in [2.24, 2.45) is 0 Å². The molecule has 0 radical (unpaired) electrons. The molecule has 0 unspecified atom stereocenters. The van der Waals surface area contributed by atoms with Gasteiger partial charge in [-0.1, -0.05) is 24.4 Å². The van der Waals surface area contributed by atoms with Crippen LogP contribution in [0.25, 0.3) is 0 Å². The molecule has 1 aromatic rings. The van der Waals surface area contributed by atoms with Crippen LogP contribution in [0.4, 0.5) is 5.69 Å². The molecule has 2 heterocycles. The fraction of sp³-hybridized carbons (Fsp3) is 0.462. The molecule has 2 aliphatic heterocycles. The summed E-state index contributed by atoms with van der Waals surface area (Å²) in [4.78, 5) is 2.89. The van der Waals surface area contributed by atoms with Gasteiger partial charge in [0.05, 0.1) is 12.2 Å². The summed E-state index contributed by atoms with van der Waals surface area (Å²) in [5.74, 6) is -0.528. The fourth-order valence-electron chi connectivity index (χ4n) is 2.49. The number of nitrogens with zero attached hydrogens (tertiary/aromatic N) is 1. The Morgan fingerprint density at radius 3 is 2.72 bits per heavy atom. The molecule has 0 spiro atoms. The second kappa shape index (κ2) is 4.27. The maximum atomic E-state index is 5.87. The first kappa shape index (κ1) is 12.5. The van der Waals surface area contributed by atoms with Gasteiger partial charge in [0.25, 0.3) is 0 Å². The fourth-order valence-corrected chi connectivity index (χ4v) is 3.36. The molecule has 2 aliphatic rings. The minimum absolute atomic E-state index is 0.0274. The zero-order valence-corrected chi connectivity index (χ0v) is 12.6. The van der Waals surface area contributed by atoms with Crippen LogP contribution in [0.2, 0.25) is 0 Å². The molecule has 0 bridgehead atoms. The number of fused-ring (bicyclic) bond motifs is 1. The number of benzene rings is 1. The van der Waals surface area contributed by atoms with Crippen LogP contribution < -0.4 is 4.90 Å². The number of rotatable bonds is 1. The van der Waals surface area contributed by atoms with Crippen LogP contribution in [0.15, 0.2) is 28.7 Å². The van der Waals surface area contributed by atoms with Crippen molar-refractivity contribution >= 4 is 38.8 Å². The Balaban J connectivity index is 1.88. The maximum absolute atomic E-state index is 5.87. The molecule has 0 saturated carbocycles. The van der Waals surface area contributed by atoms with Gasteiger partial charge in [-0.3, -0.25) is 0 Å². The van der Waals surface area contributed by atoms with Gasteiger partial charge in [0.1, 0.15) is 17.2 Å². The molecule has 0 aromatic heterocycles. The number of hydrogen-bond acceptors (Lipinski definition) is 3. The van der Waals surface area contributed by atoms with Gasteiger partial charge in [0.15, 0.2) is 5.79 Å². The van der Waals surface area contributed by atoms with E-state index in [1.807, 2.05) is 38.1 Å². The summed E-state index contributed by atoms with van der Waals surface area (Å²) >= 11 is 9.08. The highest BCUT2D eigenvalue weighted by Gasteiger charge is 2.50. The van der Waals surface area contributed by atoms with E-state index in [4.69, 9.17) is 21.7 Å². The average molecular weight is 328 g/mol. The quantitative estimate of drug-likeness (QED) is 0.739. The minimum atomic E-state index is -0.528. The van der Waals surface area contributed by atoms with E-state index in [9.17, 15) is 0 Å². The van der Waals surface area contributed by atoms with Gasteiger partial charge in [-0.15, -0.1) is 0 Å². The zero-order valence-electron chi connectivity index (χ0n) is 10.2. The van der Waals surface area contributed by atoms with Crippen molar-refractivity contribution in [2.75, 3.05) is 11.4 Å². The standard InChI is InChI=1S/C13H14BrNO2S/c1-13(2)16-10-7-15(12(18)11(10)17-13)9-6-4-3-5-8(9)14/h3-6,10-11H,7H2,1-2H3/t10-,11-/m1/s1. The Morgan fingerprint density at radius 1 is 1.33 bits per heavy atom. The van der Waals surface area contributed by atoms with Crippen LogP contribution in [-0.4, -0.2) is 29.5 Å². The lowest BCUT2D eigenvalue weighted by Gasteiger charge is -2.25. The molecule has 18 heavy (non-hydrogen) atoms. The summed E-state index contributed by atoms with van der Waals surface area (Å²) in [7, 11) is 0. The van der Waals surface area contributed by atoms with Crippen molar-refractivity contribution in [2.45, 2.75) is 31.8 Å². The Bertz CT molecular complexity index is 506. The van der Waals surface area contributed by atoms with Gasteiger partial charge in [-0.2, -0.15) is 0 Å². The van der Waals surface area contributed by atoms with Crippen molar-refractivity contribution in [1.29, 1.82) is 0 Å². The first-order chi connectivity index (χ1) is 8.48. The van der Waals surface area contributed by atoms with Gasteiger partial charge in [-0.05, 0) is 41.9 Å². The van der Waals surface area contributed by atoms with Gasteiger partial charge in [0.2, 0.25) is 0 Å². The molecule has 2 fully saturated rings. The lowest BCUT2D eigenvalue weighted by molar-refractivity contribution is -0.142. The van der Waals surface area contributed by atoms with Crippen molar-refractivity contribution in [1.82, 2.24) is 0 Å². The molecule has 2 saturated heterocycles. The van der Waals surface area contributed by atoms with E-state index in [2.05, 4.69) is 20.8 Å². The van der Waals surface area contributed by atoms with Gasteiger partial charge in [0, 0.05) is 4.47 Å². The number of para-hydroxylation sites is 1. The molecule has 2 atom stereocenters. The predicted octanol–water partition coefficient (Wildman–Crippen LogP) is 3.12. The topological polar surface area (TPSA) is 21.7 Å². The molecule has 5 heteroatoms. The second-order valence-electron chi connectivity index (χ2n) is 4.99. The van der Waals surface area contributed by atoms with E-state index in [1.165, 1.54) is 0 Å². The number of ether oxygens (including phenoxy) is 2. The van der Waals surface area contributed by atoms with E-state index >= 15 is 0 Å². The lowest BCUT2D eigenvalue weighted by atomic mass is 10.3. The van der Waals surface area contributed by atoms with Gasteiger partial charge in [-0.25, -0.2) is 0 Å². The first-order valence-electron chi connectivity index (χ1n) is 5.89. The smallest absolute Gasteiger partial charge is 0.164 e. The molecule has 3 nitrogen and oxygen atoms in total. The van der Waals surface area contributed by atoms with Crippen molar-refractivity contribution in [3.63, 3.8) is 0 Å². The molecule has 0 amide bonds. The van der Waals surface area contributed by atoms with E-state index in [-0.39, 0.29) is 12.2 Å². The SMILES string of the molecule is CC1(C)O[C@@H]2CN(c3ccccc3Br)C(=S)[C@@H]2O1. The minimum Gasteiger partial charge on any atom is -0.342 e. The molecular weight excluding hydrogens is 314 g/mol. The first-order valence-corrected chi connectivity index (χ1v) is 7.10. The maximum Gasteiger partial charge on any atom is 0.164 e. The number of halogens is 1. The molecule has 1 aromatic carbocycles. The van der Waals surface area contributed by atoms with Crippen LogP contribution >= 0.6 is 28.1 Å². The summed E-state index contributed by atoms with van der Waals surface area (Å²) in [6.45, 7) is 4.60. The normalized spacial score (nSPS) is 29.7. The van der Waals surface area contributed by atoms with Crippen LogP contribution in [0.1, 0.15) is 13.8 Å². The predicted molar refractivity (Wildman–Crippen MR) is 77.9 cm³/mol. The molecular formula is C13H14BrNO2S. The summed E-state index contributed by atoms with van der Waals surface area (Å²) in [6.07, 6.45) is -0.0817. The number of hydrogen-bond donors (Lipinski definition) is 0. The van der Waals surface area contributed by atoms with Crippen molar-refractivity contribution < 1.29 is 9.47 Å². The Labute approximate surface area is 120 Å². The highest BCUT2D eigenvalue weighted by atomic mass is 79.9. The third-order valence-corrected chi connectivity index (χ3v) is 4.32. The number of anilines is 1. The van der Waals surface area contributed by atoms with Crippen LogP contribution in [0.5, 0.6) is 0 Å². The highest BCUT2D eigenvalue weighted by Crippen LogP contribution is 2.38. The van der Waals surface area contributed by atoms with E-state index in [0.717, 1.165) is 21.7 Å². The number of thiocarbonyl (C=S) groups is 1. The summed E-state index contributed by atoms with van der Waals surface area (Å²) < 4.78 is 12.8. The van der Waals surface area contributed by atoms with Crippen LogP contribution in [0, 0.1) is 0 Å². The molecule has 0 N–H and O–H groups in total. The van der Waals surface area contributed by atoms with E-state index in [0.29, 0.717) is 0 Å². The van der Waals surface area contributed by atoms with Gasteiger partial charge >= 0.3 is 0 Å². The van der Waals surface area contributed by atoms with Gasteiger partial charge < -0.3 is 14.4 Å².